The monoisotopic (exact) mass is 457 g/mol. The quantitative estimate of drug-likeness (QED) is 0.494. The van der Waals surface area contributed by atoms with E-state index in [1.165, 1.54) is 19.3 Å². The Hall–Kier alpha value is -0.690. The molecule has 1 aliphatic carbocycles. The van der Waals surface area contributed by atoms with Crippen LogP contribution in [0.1, 0.15) is 92.4 Å². The molecular weight excluding hydrogens is 421 g/mol. The summed E-state index contributed by atoms with van der Waals surface area (Å²) in [6.07, 6.45) is 10.6. The van der Waals surface area contributed by atoms with E-state index in [2.05, 4.69) is 59.5 Å². The van der Waals surface area contributed by atoms with Crippen molar-refractivity contribution in [2.24, 2.45) is 0 Å². The van der Waals surface area contributed by atoms with E-state index in [9.17, 15) is 0 Å². The van der Waals surface area contributed by atoms with Gasteiger partial charge >= 0.3 is 0 Å². The number of aromatic nitrogens is 3. The molecule has 3 rings (SSSR count). The molecule has 2 fully saturated rings. The zero-order chi connectivity index (χ0) is 21.9. The van der Waals surface area contributed by atoms with Crippen LogP contribution in [0.25, 0.3) is 0 Å². The van der Waals surface area contributed by atoms with Gasteiger partial charge in [0.2, 0.25) is 16.5 Å². The van der Waals surface area contributed by atoms with Gasteiger partial charge in [-0.25, -0.2) is 0 Å². The van der Waals surface area contributed by atoms with Crippen LogP contribution in [-0.4, -0.2) is 49.8 Å². The van der Waals surface area contributed by atoms with Crippen LogP contribution < -0.4 is 4.90 Å². The molecule has 1 saturated heterocycles. The van der Waals surface area contributed by atoms with E-state index in [0.717, 1.165) is 45.1 Å². The maximum atomic E-state index is 6.65. The van der Waals surface area contributed by atoms with Gasteiger partial charge in [0.05, 0.1) is 6.10 Å². The molecule has 0 amide bonds. The number of hydrogen-bond donors (Lipinski definition) is 0. The molecule has 0 unspecified atom stereocenters. The van der Waals surface area contributed by atoms with E-state index >= 15 is 0 Å². The Morgan fingerprint density at radius 1 is 0.967 bits per heavy atom. The summed E-state index contributed by atoms with van der Waals surface area (Å²) >= 11 is 12.2. The topological polar surface area (TPSA) is 54.4 Å². The van der Waals surface area contributed by atoms with Gasteiger partial charge in [0.15, 0.2) is 0 Å². The number of unbranched alkanes of at least 4 members (excludes halogenated alkanes) is 1. The van der Waals surface area contributed by atoms with Gasteiger partial charge in [-0.2, -0.15) is 20.0 Å². The van der Waals surface area contributed by atoms with Crippen LogP contribution in [0, 0.1) is 0 Å². The number of hydrogen-bond acceptors (Lipinski definition) is 6. The lowest BCUT2D eigenvalue weighted by molar-refractivity contribution is -0.310. The molecule has 6 nitrogen and oxygen atoms in total. The van der Waals surface area contributed by atoms with E-state index in [-0.39, 0.29) is 27.7 Å². The second-order valence-corrected chi connectivity index (χ2v) is 10.7. The Morgan fingerprint density at radius 3 is 2.07 bits per heavy atom. The zero-order valence-electron chi connectivity index (χ0n) is 19.1. The van der Waals surface area contributed by atoms with Crippen LogP contribution in [0.15, 0.2) is 0 Å². The lowest BCUT2D eigenvalue weighted by atomic mass is 9.78. The van der Waals surface area contributed by atoms with Gasteiger partial charge in [-0.1, -0.05) is 32.6 Å². The van der Waals surface area contributed by atoms with Crippen molar-refractivity contribution in [3.8, 4) is 0 Å². The highest BCUT2D eigenvalue weighted by Crippen LogP contribution is 2.42. The predicted molar refractivity (Wildman–Crippen MR) is 123 cm³/mol. The van der Waals surface area contributed by atoms with Gasteiger partial charge in [-0.3, -0.25) is 4.84 Å². The minimum absolute atomic E-state index is 0.116. The molecule has 30 heavy (non-hydrogen) atoms. The van der Waals surface area contributed by atoms with Gasteiger partial charge in [0, 0.05) is 23.7 Å². The minimum atomic E-state index is -0.116. The average molecular weight is 458 g/mol. The standard InChI is InChI=1S/C22H37Cl2N5O/c1-6-7-13-28(20-26-18(23)25-19(24)27-20)16-14-21(2,3)29(22(4,5)15-16)30-17-11-9-8-10-12-17/h16-17H,6-15H2,1-5H3. The van der Waals surface area contributed by atoms with Crippen molar-refractivity contribution in [3.05, 3.63) is 10.6 Å². The van der Waals surface area contributed by atoms with Gasteiger partial charge < -0.3 is 4.90 Å². The molecule has 8 heteroatoms. The first kappa shape index (κ1) is 24.0. The molecule has 1 aromatic heterocycles. The lowest BCUT2D eigenvalue weighted by Gasteiger charge is -2.56. The Morgan fingerprint density at radius 2 is 1.53 bits per heavy atom. The summed E-state index contributed by atoms with van der Waals surface area (Å²) in [5.74, 6) is 0.576. The van der Waals surface area contributed by atoms with Gasteiger partial charge in [0.1, 0.15) is 0 Å². The first-order chi connectivity index (χ1) is 14.1. The van der Waals surface area contributed by atoms with Crippen molar-refractivity contribution in [3.63, 3.8) is 0 Å². The molecule has 1 aromatic rings. The number of anilines is 1. The third-order valence-electron chi connectivity index (χ3n) is 6.40. The maximum absolute atomic E-state index is 6.65. The molecule has 170 valence electrons. The molecule has 0 atom stereocenters. The molecular formula is C22H37Cl2N5O. The van der Waals surface area contributed by atoms with Crippen LogP contribution in [0.5, 0.6) is 0 Å². The molecule has 0 spiro atoms. The van der Waals surface area contributed by atoms with E-state index in [1.54, 1.807) is 0 Å². The molecule has 0 radical (unpaired) electrons. The Kier molecular flexibility index (Phi) is 7.86. The first-order valence-corrected chi connectivity index (χ1v) is 12.2. The van der Waals surface area contributed by atoms with Crippen LogP contribution in [0.2, 0.25) is 10.6 Å². The normalized spacial score (nSPS) is 22.9. The van der Waals surface area contributed by atoms with Crippen LogP contribution in [0.3, 0.4) is 0 Å². The van der Waals surface area contributed by atoms with Gasteiger partial charge in [-0.15, -0.1) is 0 Å². The first-order valence-electron chi connectivity index (χ1n) is 11.4. The van der Waals surface area contributed by atoms with Gasteiger partial charge in [0.25, 0.3) is 0 Å². The summed E-state index contributed by atoms with van der Waals surface area (Å²) in [6, 6.07) is 0.266. The third-order valence-corrected chi connectivity index (χ3v) is 6.73. The molecule has 2 heterocycles. The van der Waals surface area contributed by atoms with Gasteiger partial charge in [-0.05, 0) is 83.0 Å². The fourth-order valence-corrected chi connectivity index (χ4v) is 5.61. The summed E-state index contributed by atoms with van der Waals surface area (Å²) in [5, 5.41) is 2.57. The van der Waals surface area contributed by atoms with Crippen LogP contribution in [-0.2, 0) is 4.84 Å². The average Bonchev–Trinajstić information content (AvgIpc) is 2.64. The summed E-state index contributed by atoms with van der Waals surface area (Å²) < 4.78 is 0. The smallest absolute Gasteiger partial charge is 0.231 e. The van der Waals surface area contributed by atoms with Crippen LogP contribution in [0.4, 0.5) is 5.95 Å². The predicted octanol–water partition coefficient (Wildman–Crippen LogP) is 6.07. The van der Waals surface area contributed by atoms with E-state index < -0.39 is 0 Å². The minimum Gasteiger partial charge on any atom is -0.338 e. The summed E-state index contributed by atoms with van der Waals surface area (Å²) in [6.45, 7) is 12.2. The molecule has 0 N–H and O–H groups in total. The maximum Gasteiger partial charge on any atom is 0.231 e. The number of piperidine rings is 1. The third kappa shape index (κ3) is 5.76. The SMILES string of the molecule is CCCCN(c1nc(Cl)nc(Cl)n1)C1CC(C)(C)N(OC2CCCCC2)C(C)(C)C1. The number of hydroxylamine groups is 2. The lowest BCUT2D eigenvalue weighted by Crippen LogP contribution is -2.65. The second kappa shape index (κ2) is 9.85. The fraction of sp³-hybridized carbons (Fsp3) is 0.864. The largest absolute Gasteiger partial charge is 0.338 e. The highest BCUT2D eigenvalue weighted by atomic mass is 35.5. The summed E-state index contributed by atoms with van der Waals surface area (Å²) in [5.41, 5.74) is -0.232. The fourth-order valence-electron chi connectivity index (χ4n) is 5.25. The molecule has 0 aromatic carbocycles. The molecule has 1 aliphatic heterocycles. The number of halogens is 2. The number of nitrogens with zero attached hydrogens (tertiary/aromatic N) is 5. The Labute approximate surface area is 191 Å². The molecule has 0 bridgehead atoms. The Bertz CT molecular complexity index is 671. The van der Waals surface area contributed by atoms with Crippen molar-refractivity contribution in [2.45, 2.75) is 116 Å². The van der Waals surface area contributed by atoms with Crippen molar-refractivity contribution >= 4 is 29.2 Å². The molecule has 1 saturated carbocycles. The van der Waals surface area contributed by atoms with Crippen LogP contribution >= 0.6 is 23.2 Å². The summed E-state index contributed by atoms with van der Waals surface area (Å²) in [7, 11) is 0. The Balaban J connectivity index is 1.84. The highest BCUT2D eigenvalue weighted by molar-refractivity contribution is 6.31. The summed E-state index contributed by atoms with van der Waals surface area (Å²) in [4.78, 5) is 21.7. The molecule has 2 aliphatic rings. The highest BCUT2D eigenvalue weighted by Gasteiger charge is 2.49. The van der Waals surface area contributed by atoms with E-state index in [0.29, 0.717) is 12.1 Å². The van der Waals surface area contributed by atoms with Crippen molar-refractivity contribution < 1.29 is 4.84 Å². The van der Waals surface area contributed by atoms with E-state index in [1.807, 2.05) is 0 Å². The second-order valence-electron chi connectivity index (χ2n) is 10.1. The van der Waals surface area contributed by atoms with Crippen molar-refractivity contribution in [1.29, 1.82) is 0 Å². The number of rotatable bonds is 7. The van der Waals surface area contributed by atoms with Crippen molar-refractivity contribution in [2.75, 3.05) is 11.4 Å². The van der Waals surface area contributed by atoms with E-state index in [4.69, 9.17) is 28.0 Å². The zero-order valence-corrected chi connectivity index (χ0v) is 20.6. The van der Waals surface area contributed by atoms with Crippen molar-refractivity contribution in [1.82, 2.24) is 20.0 Å².